The highest BCUT2D eigenvalue weighted by molar-refractivity contribution is 7.15. The monoisotopic (exact) mass is 494 g/mol. The van der Waals surface area contributed by atoms with Crippen LogP contribution in [0.15, 0.2) is 53.6 Å². The molecule has 0 unspecified atom stereocenters. The number of esters is 1. The lowest BCUT2D eigenvalue weighted by Crippen LogP contribution is -2.23. The lowest BCUT2D eigenvalue weighted by molar-refractivity contribution is -0.118. The van der Waals surface area contributed by atoms with Crippen molar-refractivity contribution < 1.29 is 23.8 Å². The van der Waals surface area contributed by atoms with Crippen LogP contribution in [0.1, 0.15) is 29.8 Å². The van der Waals surface area contributed by atoms with Gasteiger partial charge in [-0.05, 0) is 61.9 Å². The van der Waals surface area contributed by atoms with Gasteiger partial charge in [-0.3, -0.25) is 9.59 Å². The number of nitrogens with one attached hydrogen (secondary N) is 1. The maximum absolute atomic E-state index is 12.4. The molecule has 11 heteroatoms. The maximum Gasteiger partial charge on any atom is 0.338 e. The second kappa shape index (κ2) is 10.8. The van der Waals surface area contributed by atoms with Crippen LogP contribution < -0.4 is 24.9 Å². The Morgan fingerprint density at radius 3 is 2.57 bits per heavy atom. The first-order valence-electron chi connectivity index (χ1n) is 10.8. The Hall–Kier alpha value is -4.25. The lowest BCUT2D eigenvalue weighted by atomic mass is 10.2. The van der Waals surface area contributed by atoms with Crippen LogP contribution in [0.4, 0.5) is 5.69 Å². The zero-order valence-corrected chi connectivity index (χ0v) is 19.8. The van der Waals surface area contributed by atoms with E-state index in [4.69, 9.17) is 14.2 Å². The average molecular weight is 495 g/mol. The van der Waals surface area contributed by atoms with E-state index < -0.39 is 5.97 Å². The summed E-state index contributed by atoms with van der Waals surface area (Å²) >= 11 is 1.24. The van der Waals surface area contributed by atoms with E-state index in [1.807, 2.05) is 6.92 Å². The highest BCUT2D eigenvalue weighted by Crippen LogP contribution is 2.29. The fourth-order valence-electron chi connectivity index (χ4n) is 3.18. The minimum Gasteiger partial charge on any atom is -0.490 e. The molecule has 0 spiro atoms. The summed E-state index contributed by atoms with van der Waals surface area (Å²) in [5.41, 5.74) is 1.41. The van der Waals surface area contributed by atoms with Crippen molar-refractivity contribution in [2.45, 2.75) is 13.8 Å². The summed E-state index contributed by atoms with van der Waals surface area (Å²) in [5.74, 6) is 0.0359. The number of fused-ring (bicyclic) bond motifs is 1. The van der Waals surface area contributed by atoms with Gasteiger partial charge < -0.3 is 19.5 Å². The first kappa shape index (κ1) is 23.9. The molecule has 4 rings (SSSR count). The molecule has 2 aromatic heterocycles. The summed E-state index contributed by atoms with van der Waals surface area (Å²) in [6, 6.07) is 11.6. The summed E-state index contributed by atoms with van der Waals surface area (Å²) in [6.07, 6.45) is 3.06. The Bertz CT molecular complexity index is 1460. The van der Waals surface area contributed by atoms with Gasteiger partial charge in [0.25, 0.3) is 11.5 Å². The first-order chi connectivity index (χ1) is 17.0. The van der Waals surface area contributed by atoms with Crippen LogP contribution in [-0.2, 0) is 9.53 Å². The van der Waals surface area contributed by atoms with E-state index in [2.05, 4.69) is 15.4 Å². The third-order valence-electron chi connectivity index (χ3n) is 4.72. The SMILES string of the molecule is CCOC(=O)c1ccc(NC(=O)COc2ccc(/C=c3\sc4ncnn4c3=O)cc2OCC)cc1. The molecule has 1 N–H and O–H groups in total. The Morgan fingerprint density at radius 2 is 1.86 bits per heavy atom. The molecule has 180 valence electrons. The van der Waals surface area contributed by atoms with Gasteiger partial charge in [-0.25, -0.2) is 9.78 Å². The molecule has 0 aliphatic heterocycles. The predicted octanol–water partition coefficient (Wildman–Crippen LogP) is 2.29. The fourth-order valence-corrected chi connectivity index (χ4v) is 4.06. The van der Waals surface area contributed by atoms with E-state index in [1.54, 1.807) is 55.5 Å². The number of thiazole rings is 1. The first-order valence-corrected chi connectivity index (χ1v) is 11.6. The molecule has 35 heavy (non-hydrogen) atoms. The van der Waals surface area contributed by atoms with Crippen molar-refractivity contribution >= 4 is 39.9 Å². The van der Waals surface area contributed by atoms with Gasteiger partial charge in [0.2, 0.25) is 4.96 Å². The number of benzene rings is 2. The third-order valence-corrected chi connectivity index (χ3v) is 5.70. The predicted molar refractivity (Wildman–Crippen MR) is 130 cm³/mol. The molecule has 0 fully saturated rings. The number of aromatic nitrogens is 3. The largest absolute Gasteiger partial charge is 0.490 e. The molecule has 0 aliphatic rings. The number of hydrogen-bond donors (Lipinski definition) is 1. The van der Waals surface area contributed by atoms with Gasteiger partial charge in [-0.2, -0.15) is 9.61 Å². The number of ether oxygens (including phenoxy) is 3. The van der Waals surface area contributed by atoms with Crippen molar-refractivity contribution in [2.75, 3.05) is 25.1 Å². The quantitative estimate of drug-likeness (QED) is 0.352. The average Bonchev–Trinajstić information content (AvgIpc) is 3.42. The molecule has 1 amide bonds. The maximum atomic E-state index is 12.4. The molecular formula is C24H22N4O6S. The van der Waals surface area contributed by atoms with E-state index in [0.29, 0.717) is 38.8 Å². The number of hydrogen-bond acceptors (Lipinski definition) is 9. The molecule has 0 saturated carbocycles. The van der Waals surface area contributed by atoms with Crippen molar-refractivity contribution in [3.8, 4) is 11.5 Å². The van der Waals surface area contributed by atoms with Gasteiger partial charge in [0, 0.05) is 5.69 Å². The summed E-state index contributed by atoms with van der Waals surface area (Å²) in [5, 5.41) is 6.62. The molecule has 0 bridgehead atoms. The van der Waals surface area contributed by atoms with Crippen molar-refractivity contribution in [1.82, 2.24) is 14.6 Å². The molecule has 0 atom stereocenters. The molecule has 0 aliphatic carbocycles. The van der Waals surface area contributed by atoms with E-state index in [-0.39, 0.29) is 24.7 Å². The van der Waals surface area contributed by atoms with Gasteiger partial charge in [0.1, 0.15) is 6.33 Å². The van der Waals surface area contributed by atoms with Crippen molar-refractivity contribution in [3.63, 3.8) is 0 Å². The van der Waals surface area contributed by atoms with Crippen LogP contribution in [0.2, 0.25) is 0 Å². The number of nitrogens with zero attached hydrogens (tertiary/aromatic N) is 3. The van der Waals surface area contributed by atoms with E-state index in [9.17, 15) is 14.4 Å². The van der Waals surface area contributed by atoms with E-state index in [0.717, 1.165) is 5.56 Å². The molecule has 10 nitrogen and oxygen atoms in total. The Balaban J connectivity index is 1.43. The number of anilines is 1. The Morgan fingerprint density at radius 1 is 1.06 bits per heavy atom. The van der Waals surface area contributed by atoms with Crippen LogP contribution in [0.25, 0.3) is 11.0 Å². The van der Waals surface area contributed by atoms with Crippen LogP contribution >= 0.6 is 11.3 Å². The van der Waals surface area contributed by atoms with Crippen LogP contribution in [-0.4, -0.2) is 46.3 Å². The van der Waals surface area contributed by atoms with Gasteiger partial charge in [-0.15, -0.1) is 0 Å². The van der Waals surface area contributed by atoms with Crippen molar-refractivity contribution in [3.05, 3.63) is 74.8 Å². The molecule has 0 saturated heterocycles. The smallest absolute Gasteiger partial charge is 0.338 e. The lowest BCUT2D eigenvalue weighted by Gasteiger charge is -2.13. The van der Waals surface area contributed by atoms with Gasteiger partial charge >= 0.3 is 5.97 Å². The number of carbonyl (C=O) groups is 2. The number of carbonyl (C=O) groups excluding carboxylic acids is 2. The fraction of sp³-hybridized carbons (Fsp3) is 0.208. The van der Waals surface area contributed by atoms with Crippen LogP contribution in [0.3, 0.4) is 0 Å². The molecule has 0 radical (unpaired) electrons. The topological polar surface area (TPSA) is 121 Å². The summed E-state index contributed by atoms with van der Waals surface area (Å²) in [6.45, 7) is 4.00. The zero-order valence-electron chi connectivity index (χ0n) is 19.0. The highest BCUT2D eigenvalue weighted by Gasteiger charge is 2.11. The van der Waals surface area contributed by atoms with Crippen molar-refractivity contribution in [2.24, 2.45) is 0 Å². The van der Waals surface area contributed by atoms with E-state index >= 15 is 0 Å². The van der Waals surface area contributed by atoms with Crippen LogP contribution in [0, 0.1) is 0 Å². The van der Waals surface area contributed by atoms with E-state index in [1.165, 1.54) is 22.2 Å². The second-order valence-electron chi connectivity index (χ2n) is 7.14. The normalized spacial score (nSPS) is 11.4. The summed E-state index contributed by atoms with van der Waals surface area (Å²) < 4.78 is 18.0. The highest BCUT2D eigenvalue weighted by atomic mass is 32.1. The van der Waals surface area contributed by atoms with Gasteiger partial charge in [0.05, 0.1) is 23.3 Å². The second-order valence-corrected chi connectivity index (χ2v) is 8.15. The van der Waals surface area contributed by atoms with Gasteiger partial charge in [-0.1, -0.05) is 17.4 Å². The zero-order chi connectivity index (χ0) is 24.8. The molecule has 2 heterocycles. The van der Waals surface area contributed by atoms with Crippen LogP contribution in [0.5, 0.6) is 11.5 Å². The molecule has 4 aromatic rings. The Labute approximate surface area is 203 Å². The number of rotatable bonds is 9. The number of amides is 1. The van der Waals surface area contributed by atoms with Crippen molar-refractivity contribution in [1.29, 1.82) is 0 Å². The standard InChI is InChI=1S/C24H22N4O6S/c1-3-32-19-11-15(12-20-22(30)28-24(35-20)25-14-26-28)5-10-18(19)34-13-21(29)27-17-8-6-16(7-9-17)23(31)33-4-2/h5-12,14H,3-4,13H2,1-2H3,(H,27,29)/b20-12-. The minimum absolute atomic E-state index is 0.243. The Kier molecular flexibility index (Phi) is 7.36. The summed E-state index contributed by atoms with van der Waals surface area (Å²) in [4.78, 5) is 41.0. The third kappa shape index (κ3) is 5.64. The molecular weight excluding hydrogens is 472 g/mol. The molecule has 2 aromatic carbocycles. The van der Waals surface area contributed by atoms with Gasteiger partial charge in [0.15, 0.2) is 18.1 Å². The minimum atomic E-state index is -0.422. The summed E-state index contributed by atoms with van der Waals surface area (Å²) in [7, 11) is 0.